The molecule has 0 aliphatic carbocycles. The maximum atomic E-state index is 10.9. The zero-order chi connectivity index (χ0) is 11.8. The number of nitrogens with one attached hydrogen (secondary N) is 1. The smallest absolute Gasteiger partial charge is 0.305 e. The van der Waals surface area contributed by atoms with Gasteiger partial charge >= 0.3 is 5.97 Å². The van der Waals surface area contributed by atoms with Crippen molar-refractivity contribution < 1.29 is 9.53 Å². The van der Waals surface area contributed by atoms with Crippen LogP contribution in [0.1, 0.15) is 25.7 Å². The number of carbonyl (C=O) groups is 1. The van der Waals surface area contributed by atoms with E-state index in [1.807, 2.05) is 0 Å². The van der Waals surface area contributed by atoms with Crippen molar-refractivity contribution in [3.63, 3.8) is 0 Å². The lowest BCUT2D eigenvalue weighted by Crippen LogP contribution is -2.37. The fourth-order valence-corrected chi connectivity index (χ4v) is 2.21. The molecule has 0 aromatic carbocycles. The van der Waals surface area contributed by atoms with Gasteiger partial charge in [-0.25, -0.2) is 0 Å². The number of esters is 1. The molecule has 1 fully saturated rings. The molecule has 1 aliphatic heterocycles. The molecule has 4 nitrogen and oxygen atoms in total. The third-order valence-corrected chi connectivity index (χ3v) is 3.12. The molecule has 4 heteroatoms. The lowest BCUT2D eigenvalue weighted by Gasteiger charge is -2.29. The molecular formula is C12H24N2O2. The quantitative estimate of drug-likeness (QED) is 0.541. The molecule has 1 unspecified atom stereocenters. The Labute approximate surface area is 98.3 Å². The highest BCUT2D eigenvalue weighted by Gasteiger charge is 2.16. The number of likely N-dealkylation sites (tertiary alicyclic amines) is 1. The number of carbonyl (C=O) groups excluding carboxylic acids is 1. The van der Waals surface area contributed by atoms with Gasteiger partial charge in [-0.3, -0.25) is 4.79 Å². The standard InChI is InChI=1S/C12H24N2O2/c1-14-8-4-5-11(10-14)9-13-7-3-6-12(15)16-2/h11,13H,3-10H2,1-2H3. The number of rotatable bonds is 6. The van der Waals surface area contributed by atoms with Gasteiger partial charge in [0.25, 0.3) is 0 Å². The van der Waals surface area contributed by atoms with E-state index in [4.69, 9.17) is 0 Å². The Hall–Kier alpha value is -0.610. The van der Waals surface area contributed by atoms with E-state index in [0.29, 0.717) is 6.42 Å². The van der Waals surface area contributed by atoms with Crippen LogP contribution in [0.3, 0.4) is 0 Å². The van der Waals surface area contributed by atoms with Crippen LogP contribution in [0.15, 0.2) is 0 Å². The summed E-state index contributed by atoms with van der Waals surface area (Å²) in [5.41, 5.74) is 0. The third kappa shape index (κ3) is 5.47. The van der Waals surface area contributed by atoms with Gasteiger partial charge in [-0.2, -0.15) is 0 Å². The summed E-state index contributed by atoms with van der Waals surface area (Å²) in [4.78, 5) is 13.3. The highest BCUT2D eigenvalue weighted by molar-refractivity contribution is 5.69. The summed E-state index contributed by atoms with van der Waals surface area (Å²) in [5, 5.41) is 3.42. The Morgan fingerprint density at radius 2 is 2.38 bits per heavy atom. The van der Waals surface area contributed by atoms with Crippen LogP contribution in [0, 0.1) is 5.92 Å². The fourth-order valence-electron chi connectivity index (χ4n) is 2.21. The van der Waals surface area contributed by atoms with E-state index in [1.165, 1.54) is 33.0 Å². The minimum absolute atomic E-state index is 0.112. The van der Waals surface area contributed by atoms with Gasteiger partial charge in [-0.15, -0.1) is 0 Å². The van der Waals surface area contributed by atoms with Crippen molar-refractivity contribution in [1.82, 2.24) is 10.2 Å². The minimum atomic E-state index is -0.112. The average molecular weight is 228 g/mol. The van der Waals surface area contributed by atoms with Crippen LogP contribution in [0.2, 0.25) is 0 Å². The van der Waals surface area contributed by atoms with Crippen molar-refractivity contribution in [2.75, 3.05) is 40.3 Å². The maximum Gasteiger partial charge on any atom is 0.305 e. The lowest BCUT2D eigenvalue weighted by molar-refractivity contribution is -0.140. The molecule has 1 rings (SSSR count). The van der Waals surface area contributed by atoms with E-state index < -0.39 is 0 Å². The lowest BCUT2D eigenvalue weighted by atomic mass is 9.98. The molecule has 1 N–H and O–H groups in total. The van der Waals surface area contributed by atoms with Gasteiger partial charge in [0.15, 0.2) is 0 Å². The van der Waals surface area contributed by atoms with Gasteiger partial charge in [0, 0.05) is 13.0 Å². The highest BCUT2D eigenvalue weighted by Crippen LogP contribution is 2.13. The molecule has 0 aromatic heterocycles. The van der Waals surface area contributed by atoms with Crippen molar-refractivity contribution in [3.05, 3.63) is 0 Å². The van der Waals surface area contributed by atoms with Gasteiger partial charge < -0.3 is 15.0 Å². The number of hydrogen-bond donors (Lipinski definition) is 1. The summed E-state index contributed by atoms with van der Waals surface area (Å²) in [7, 11) is 3.62. The fraction of sp³-hybridized carbons (Fsp3) is 0.917. The molecule has 1 saturated heterocycles. The summed E-state index contributed by atoms with van der Waals surface area (Å²) in [6, 6.07) is 0. The molecule has 1 atom stereocenters. The monoisotopic (exact) mass is 228 g/mol. The van der Waals surface area contributed by atoms with Crippen molar-refractivity contribution in [3.8, 4) is 0 Å². The first-order chi connectivity index (χ1) is 7.72. The Morgan fingerprint density at radius 3 is 3.06 bits per heavy atom. The van der Waals surface area contributed by atoms with Crippen LogP contribution in [-0.4, -0.2) is 51.2 Å². The van der Waals surface area contributed by atoms with Crippen molar-refractivity contribution in [2.24, 2.45) is 5.92 Å². The van der Waals surface area contributed by atoms with E-state index in [2.05, 4.69) is 22.0 Å². The molecule has 0 amide bonds. The normalized spacial score (nSPS) is 22.0. The minimum Gasteiger partial charge on any atom is -0.469 e. The summed E-state index contributed by atoms with van der Waals surface area (Å²) >= 11 is 0. The summed E-state index contributed by atoms with van der Waals surface area (Å²) in [5.74, 6) is 0.663. The van der Waals surface area contributed by atoms with E-state index in [9.17, 15) is 4.79 Å². The molecule has 0 bridgehead atoms. The number of methoxy groups -OCH3 is 1. The first-order valence-electron chi connectivity index (χ1n) is 6.18. The molecule has 0 aromatic rings. The zero-order valence-corrected chi connectivity index (χ0v) is 10.5. The van der Waals surface area contributed by atoms with Crippen LogP contribution >= 0.6 is 0 Å². The number of nitrogens with zero attached hydrogens (tertiary/aromatic N) is 1. The molecule has 1 aliphatic rings. The Kier molecular flexibility index (Phi) is 6.42. The van der Waals surface area contributed by atoms with Crippen LogP contribution in [0.4, 0.5) is 0 Å². The SMILES string of the molecule is COC(=O)CCCNCC1CCCN(C)C1. The summed E-state index contributed by atoms with van der Waals surface area (Å²) < 4.78 is 4.59. The largest absolute Gasteiger partial charge is 0.469 e. The first kappa shape index (κ1) is 13.5. The molecule has 1 heterocycles. The van der Waals surface area contributed by atoms with E-state index in [-0.39, 0.29) is 5.97 Å². The second-order valence-electron chi connectivity index (χ2n) is 4.65. The Bertz CT molecular complexity index is 209. The Morgan fingerprint density at radius 1 is 1.56 bits per heavy atom. The van der Waals surface area contributed by atoms with Crippen LogP contribution in [0.5, 0.6) is 0 Å². The van der Waals surface area contributed by atoms with Gasteiger partial charge in [-0.05, 0) is 51.9 Å². The van der Waals surface area contributed by atoms with Crippen molar-refractivity contribution in [2.45, 2.75) is 25.7 Å². The van der Waals surface area contributed by atoms with E-state index in [0.717, 1.165) is 25.4 Å². The van der Waals surface area contributed by atoms with E-state index in [1.54, 1.807) is 0 Å². The molecule has 0 spiro atoms. The van der Waals surface area contributed by atoms with Gasteiger partial charge in [0.1, 0.15) is 0 Å². The van der Waals surface area contributed by atoms with Gasteiger partial charge in [-0.1, -0.05) is 0 Å². The summed E-state index contributed by atoms with van der Waals surface area (Å²) in [6.07, 6.45) is 4.03. The molecular weight excluding hydrogens is 204 g/mol. The van der Waals surface area contributed by atoms with Crippen LogP contribution < -0.4 is 5.32 Å². The predicted molar refractivity (Wildman–Crippen MR) is 64.3 cm³/mol. The molecule has 0 radical (unpaired) electrons. The van der Waals surface area contributed by atoms with Gasteiger partial charge in [0.05, 0.1) is 7.11 Å². The molecule has 16 heavy (non-hydrogen) atoms. The molecule has 94 valence electrons. The maximum absolute atomic E-state index is 10.9. The van der Waals surface area contributed by atoms with Crippen LogP contribution in [0.25, 0.3) is 0 Å². The molecule has 0 saturated carbocycles. The zero-order valence-electron chi connectivity index (χ0n) is 10.5. The number of hydrogen-bond acceptors (Lipinski definition) is 4. The second kappa shape index (κ2) is 7.63. The predicted octanol–water partition coefficient (Wildman–Crippen LogP) is 0.871. The van der Waals surface area contributed by atoms with Crippen LogP contribution in [-0.2, 0) is 9.53 Å². The highest BCUT2D eigenvalue weighted by atomic mass is 16.5. The average Bonchev–Trinajstić information content (AvgIpc) is 2.28. The number of piperidine rings is 1. The van der Waals surface area contributed by atoms with Gasteiger partial charge in [0.2, 0.25) is 0 Å². The Balaban J connectivity index is 1.96. The topological polar surface area (TPSA) is 41.6 Å². The first-order valence-corrected chi connectivity index (χ1v) is 6.18. The third-order valence-electron chi connectivity index (χ3n) is 3.12. The van der Waals surface area contributed by atoms with E-state index >= 15 is 0 Å². The number of ether oxygens (including phenoxy) is 1. The van der Waals surface area contributed by atoms with Crippen molar-refractivity contribution >= 4 is 5.97 Å². The second-order valence-corrected chi connectivity index (χ2v) is 4.65. The van der Waals surface area contributed by atoms with Crippen molar-refractivity contribution in [1.29, 1.82) is 0 Å². The summed E-state index contributed by atoms with van der Waals surface area (Å²) in [6.45, 7) is 4.42.